The number of carbonyl (C=O) groups is 1. The zero-order valence-corrected chi connectivity index (χ0v) is 12.4. The molecule has 0 unspecified atom stereocenters. The molecule has 110 valence electrons. The van der Waals surface area contributed by atoms with Gasteiger partial charge in [0.15, 0.2) is 0 Å². The first-order chi connectivity index (χ1) is 9.58. The van der Waals surface area contributed by atoms with E-state index in [0.29, 0.717) is 12.2 Å². The number of piperazine rings is 1. The summed E-state index contributed by atoms with van der Waals surface area (Å²) in [4.78, 5) is 14.0. The Balaban J connectivity index is 1.85. The average Bonchev–Trinajstić information content (AvgIpc) is 2.42. The van der Waals surface area contributed by atoms with Crippen molar-refractivity contribution < 1.29 is 9.90 Å². The van der Waals surface area contributed by atoms with Gasteiger partial charge in [-0.3, -0.25) is 4.79 Å². The summed E-state index contributed by atoms with van der Waals surface area (Å²) in [5.41, 5.74) is 3.48. The maximum Gasteiger partial charge on any atom is 0.222 e. The fourth-order valence-electron chi connectivity index (χ4n) is 2.85. The monoisotopic (exact) mass is 276 g/mol. The third-order valence-corrected chi connectivity index (χ3v) is 3.97. The van der Waals surface area contributed by atoms with Crippen LogP contribution in [0.25, 0.3) is 0 Å². The van der Waals surface area contributed by atoms with Crippen LogP contribution in [0.4, 0.5) is 0 Å². The highest BCUT2D eigenvalue weighted by molar-refractivity contribution is 5.76. The minimum Gasteiger partial charge on any atom is -0.508 e. The number of rotatable bonds is 4. The molecule has 1 aromatic rings. The Labute approximate surface area is 120 Å². The molecule has 20 heavy (non-hydrogen) atoms. The number of amides is 1. The third-order valence-electron chi connectivity index (χ3n) is 3.97. The summed E-state index contributed by atoms with van der Waals surface area (Å²) in [5.74, 6) is 0.584. The van der Waals surface area contributed by atoms with E-state index in [2.05, 4.69) is 5.32 Å². The van der Waals surface area contributed by atoms with Gasteiger partial charge in [-0.1, -0.05) is 0 Å². The van der Waals surface area contributed by atoms with Gasteiger partial charge in [-0.25, -0.2) is 0 Å². The molecule has 0 aliphatic carbocycles. The number of nitrogens with zero attached hydrogens (tertiary/aromatic N) is 1. The number of carbonyl (C=O) groups excluding carboxylic acids is 1. The molecule has 1 aromatic carbocycles. The molecule has 1 saturated heterocycles. The van der Waals surface area contributed by atoms with Gasteiger partial charge in [0, 0.05) is 32.6 Å². The highest BCUT2D eigenvalue weighted by Gasteiger charge is 2.15. The Morgan fingerprint density at radius 3 is 2.45 bits per heavy atom. The predicted octanol–water partition coefficient (Wildman–Crippen LogP) is 1.76. The molecule has 0 aromatic heterocycles. The van der Waals surface area contributed by atoms with Crippen LogP contribution in [0.5, 0.6) is 5.75 Å². The molecular weight excluding hydrogens is 252 g/mol. The van der Waals surface area contributed by atoms with Crippen molar-refractivity contribution in [1.29, 1.82) is 0 Å². The van der Waals surface area contributed by atoms with Crippen molar-refractivity contribution in [2.45, 2.75) is 33.1 Å². The largest absolute Gasteiger partial charge is 0.508 e. The van der Waals surface area contributed by atoms with Crippen molar-refractivity contribution in [3.8, 4) is 5.75 Å². The molecule has 2 N–H and O–H groups in total. The second kappa shape index (κ2) is 6.75. The number of aryl methyl sites for hydroxylation is 2. The number of phenolic OH excluding ortho intramolecular Hbond substituents is 1. The van der Waals surface area contributed by atoms with Crippen molar-refractivity contribution in [2.24, 2.45) is 0 Å². The second-order valence-electron chi connectivity index (χ2n) is 5.54. The van der Waals surface area contributed by atoms with Crippen LogP contribution in [0.2, 0.25) is 0 Å². The third kappa shape index (κ3) is 3.73. The molecule has 1 amide bonds. The minimum atomic E-state index is 0.264. The Hall–Kier alpha value is -1.55. The standard InChI is InChI=1S/C16H24N2O2/c1-12-10-14(19)11-13(2)15(12)4-3-5-16(20)18-8-6-17-7-9-18/h10-11,17,19H,3-9H2,1-2H3. The van der Waals surface area contributed by atoms with Gasteiger partial charge < -0.3 is 15.3 Å². The molecule has 4 nitrogen and oxygen atoms in total. The van der Waals surface area contributed by atoms with Crippen LogP contribution in [0.3, 0.4) is 0 Å². The van der Waals surface area contributed by atoms with Crippen molar-refractivity contribution in [3.63, 3.8) is 0 Å². The molecule has 0 bridgehead atoms. The zero-order chi connectivity index (χ0) is 14.5. The van der Waals surface area contributed by atoms with Crippen molar-refractivity contribution >= 4 is 5.91 Å². The lowest BCUT2D eigenvalue weighted by molar-refractivity contribution is -0.131. The maximum atomic E-state index is 12.1. The Bertz CT molecular complexity index is 456. The van der Waals surface area contributed by atoms with Crippen LogP contribution in [0.15, 0.2) is 12.1 Å². The van der Waals surface area contributed by atoms with Crippen LogP contribution in [-0.2, 0) is 11.2 Å². The lowest BCUT2D eigenvalue weighted by Crippen LogP contribution is -2.46. The summed E-state index contributed by atoms with van der Waals surface area (Å²) in [6.45, 7) is 7.50. The molecule has 0 saturated carbocycles. The van der Waals surface area contributed by atoms with E-state index < -0.39 is 0 Å². The van der Waals surface area contributed by atoms with Crippen molar-refractivity contribution in [1.82, 2.24) is 10.2 Å². The summed E-state index contributed by atoms with van der Waals surface area (Å²) >= 11 is 0. The smallest absolute Gasteiger partial charge is 0.222 e. The van der Waals surface area contributed by atoms with E-state index in [0.717, 1.165) is 50.1 Å². The molecule has 1 aliphatic heterocycles. The lowest BCUT2D eigenvalue weighted by Gasteiger charge is -2.27. The van der Waals surface area contributed by atoms with Crippen LogP contribution >= 0.6 is 0 Å². The predicted molar refractivity (Wildman–Crippen MR) is 80.0 cm³/mol. The van der Waals surface area contributed by atoms with Crippen LogP contribution in [0, 0.1) is 13.8 Å². The molecule has 0 radical (unpaired) electrons. The van der Waals surface area contributed by atoms with Crippen molar-refractivity contribution in [2.75, 3.05) is 26.2 Å². The van der Waals surface area contributed by atoms with E-state index in [9.17, 15) is 9.90 Å². The zero-order valence-electron chi connectivity index (χ0n) is 12.4. The normalized spacial score (nSPS) is 15.4. The Morgan fingerprint density at radius 2 is 1.85 bits per heavy atom. The first-order valence-electron chi connectivity index (χ1n) is 7.35. The van der Waals surface area contributed by atoms with E-state index >= 15 is 0 Å². The SMILES string of the molecule is Cc1cc(O)cc(C)c1CCCC(=O)N1CCNCC1. The molecule has 2 rings (SSSR count). The quantitative estimate of drug-likeness (QED) is 0.881. The molecule has 0 atom stereocenters. The number of nitrogens with one attached hydrogen (secondary N) is 1. The van der Waals surface area contributed by atoms with Gasteiger partial charge in [-0.15, -0.1) is 0 Å². The molecular formula is C16H24N2O2. The summed E-state index contributed by atoms with van der Waals surface area (Å²) < 4.78 is 0. The maximum absolute atomic E-state index is 12.1. The van der Waals surface area contributed by atoms with E-state index in [1.165, 1.54) is 5.56 Å². The molecule has 4 heteroatoms. The highest BCUT2D eigenvalue weighted by atomic mass is 16.3. The van der Waals surface area contributed by atoms with Gasteiger partial charge in [-0.05, 0) is 55.5 Å². The van der Waals surface area contributed by atoms with Crippen molar-refractivity contribution in [3.05, 3.63) is 28.8 Å². The second-order valence-corrected chi connectivity index (χ2v) is 5.54. The summed E-state index contributed by atoms with van der Waals surface area (Å²) in [6.07, 6.45) is 2.38. The number of benzene rings is 1. The lowest BCUT2D eigenvalue weighted by atomic mass is 9.97. The Morgan fingerprint density at radius 1 is 1.25 bits per heavy atom. The summed E-state index contributed by atoms with van der Waals surface area (Å²) in [6, 6.07) is 3.58. The number of phenols is 1. The number of hydrogen-bond donors (Lipinski definition) is 2. The average molecular weight is 276 g/mol. The van der Waals surface area contributed by atoms with Gasteiger partial charge in [0.05, 0.1) is 0 Å². The topological polar surface area (TPSA) is 52.6 Å². The highest BCUT2D eigenvalue weighted by Crippen LogP contribution is 2.22. The molecule has 1 aliphatic rings. The van der Waals surface area contributed by atoms with E-state index in [1.807, 2.05) is 18.7 Å². The first kappa shape index (κ1) is 14.9. The van der Waals surface area contributed by atoms with Crippen LogP contribution in [0.1, 0.15) is 29.5 Å². The van der Waals surface area contributed by atoms with Gasteiger partial charge >= 0.3 is 0 Å². The van der Waals surface area contributed by atoms with Crippen LogP contribution in [-0.4, -0.2) is 42.1 Å². The molecule has 1 fully saturated rings. The first-order valence-corrected chi connectivity index (χ1v) is 7.35. The molecule has 1 heterocycles. The van der Waals surface area contributed by atoms with Gasteiger partial charge in [0.2, 0.25) is 5.91 Å². The number of hydrogen-bond acceptors (Lipinski definition) is 3. The number of aromatic hydroxyl groups is 1. The Kier molecular flexibility index (Phi) is 5.01. The van der Waals surface area contributed by atoms with Gasteiger partial charge in [0.1, 0.15) is 5.75 Å². The van der Waals surface area contributed by atoms with E-state index in [1.54, 1.807) is 12.1 Å². The van der Waals surface area contributed by atoms with Crippen LogP contribution < -0.4 is 5.32 Å². The van der Waals surface area contributed by atoms with Gasteiger partial charge in [0.25, 0.3) is 0 Å². The fourth-order valence-corrected chi connectivity index (χ4v) is 2.85. The van der Waals surface area contributed by atoms with E-state index in [-0.39, 0.29) is 5.91 Å². The molecule has 0 spiro atoms. The summed E-state index contributed by atoms with van der Waals surface area (Å²) in [7, 11) is 0. The summed E-state index contributed by atoms with van der Waals surface area (Å²) in [5, 5.41) is 12.8. The van der Waals surface area contributed by atoms with Gasteiger partial charge in [-0.2, -0.15) is 0 Å². The van der Waals surface area contributed by atoms with E-state index in [4.69, 9.17) is 0 Å². The fraction of sp³-hybridized carbons (Fsp3) is 0.562. The minimum absolute atomic E-state index is 0.264.